The first kappa shape index (κ1) is 31.1. The summed E-state index contributed by atoms with van der Waals surface area (Å²) >= 11 is 1.26. The molecule has 0 spiro atoms. The third kappa shape index (κ3) is 6.89. The number of hydrogen-bond donors (Lipinski definition) is 3. The first-order valence-corrected chi connectivity index (χ1v) is 15.4. The zero-order chi connectivity index (χ0) is 31.4. The predicted molar refractivity (Wildman–Crippen MR) is 164 cm³/mol. The molecule has 2 fully saturated rings. The third-order valence-corrected chi connectivity index (χ3v) is 8.59. The van der Waals surface area contributed by atoms with Crippen LogP contribution in [-0.4, -0.2) is 68.8 Å². The lowest BCUT2D eigenvalue weighted by Crippen LogP contribution is -2.77. The second-order valence-electron chi connectivity index (χ2n) is 11.6. The van der Waals surface area contributed by atoms with Crippen LogP contribution in [0.25, 0.3) is 0 Å². The average Bonchev–Trinajstić information content (AvgIpc) is 3.01. The van der Waals surface area contributed by atoms with E-state index in [4.69, 9.17) is 9.47 Å². The maximum atomic E-state index is 13.6. The second-order valence-corrected chi connectivity index (χ2v) is 12.7. The molecule has 2 aliphatic heterocycles. The van der Waals surface area contributed by atoms with Gasteiger partial charge in [-0.1, -0.05) is 91.0 Å². The van der Waals surface area contributed by atoms with Gasteiger partial charge in [-0.05, 0) is 37.5 Å². The van der Waals surface area contributed by atoms with Gasteiger partial charge in [0.1, 0.15) is 23.1 Å². The second kappa shape index (κ2) is 13.1. The van der Waals surface area contributed by atoms with E-state index < -0.39 is 65.2 Å². The Morgan fingerprint density at radius 2 is 1.41 bits per heavy atom. The summed E-state index contributed by atoms with van der Waals surface area (Å²) in [6, 6.07) is 23.7. The fourth-order valence-electron chi connectivity index (χ4n) is 5.21. The van der Waals surface area contributed by atoms with Crippen LogP contribution in [0.1, 0.15) is 49.6 Å². The van der Waals surface area contributed by atoms with E-state index in [0.29, 0.717) is 5.56 Å². The van der Waals surface area contributed by atoms with Crippen molar-refractivity contribution in [3.05, 3.63) is 108 Å². The lowest BCUT2D eigenvalue weighted by Gasteiger charge is -2.53. The normalized spacial score (nSPS) is 21.8. The molecule has 2 saturated heterocycles. The van der Waals surface area contributed by atoms with Gasteiger partial charge in [-0.2, -0.15) is 0 Å². The van der Waals surface area contributed by atoms with E-state index in [1.807, 2.05) is 60.7 Å². The maximum absolute atomic E-state index is 13.6. The van der Waals surface area contributed by atoms with E-state index in [0.717, 1.165) is 11.1 Å². The number of thioether (sulfide) groups is 1. The quantitative estimate of drug-likeness (QED) is 0.257. The van der Waals surface area contributed by atoms with Crippen molar-refractivity contribution in [2.75, 3.05) is 5.75 Å². The van der Waals surface area contributed by atoms with Gasteiger partial charge < -0.3 is 30.1 Å². The molecule has 0 aromatic heterocycles. The molecular formula is C33H35N3O7S. The summed E-state index contributed by atoms with van der Waals surface area (Å²) in [6.45, 7) is 5.14. The van der Waals surface area contributed by atoms with Crippen LogP contribution in [0.15, 0.2) is 91.0 Å². The minimum absolute atomic E-state index is 0.153. The Labute approximate surface area is 260 Å². The SMILES string of the molecule is CC(C)(C)OC(=O)NC(C(=O)N[C@@H]1C(=O)N2[C@@H](C(=O)OC(c3ccccc3)c3ccccc3)C(O)CS[C@@H]12)c1ccccc1. The molecule has 44 heavy (non-hydrogen) atoms. The number of aliphatic hydroxyl groups is 1. The highest BCUT2D eigenvalue weighted by Crippen LogP contribution is 2.40. The minimum Gasteiger partial charge on any atom is -0.451 e. The van der Waals surface area contributed by atoms with Gasteiger partial charge in [0.2, 0.25) is 11.8 Å². The Morgan fingerprint density at radius 3 is 1.93 bits per heavy atom. The van der Waals surface area contributed by atoms with E-state index in [1.54, 1.807) is 51.1 Å². The number of carbonyl (C=O) groups is 4. The fourth-order valence-corrected chi connectivity index (χ4v) is 6.56. The number of hydrogen-bond acceptors (Lipinski definition) is 8. The van der Waals surface area contributed by atoms with Gasteiger partial charge in [0, 0.05) is 5.75 Å². The van der Waals surface area contributed by atoms with Crippen LogP contribution in [0.4, 0.5) is 4.79 Å². The molecule has 2 unspecified atom stereocenters. The van der Waals surface area contributed by atoms with Gasteiger partial charge in [-0.15, -0.1) is 11.8 Å². The number of amides is 3. The number of nitrogens with one attached hydrogen (secondary N) is 2. The van der Waals surface area contributed by atoms with Crippen molar-refractivity contribution in [1.29, 1.82) is 0 Å². The van der Waals surface area contributed by atoms with Crippen molar-refractivity contribution in [3.63, 3.8) is 0 Å². The summed E-state index contributed by atoms with van der Waals surface area (Å²) in [4.78, 5) is 54.4. The molecular weight excluding hydrogens is 582 g/mol. The standard InChI is InChI=1S/C33H35N3O7S/c1-33(2,3)43-32(41)35-24(20-13-7-4-8-14-20)28(38)34-25-29(39)36-26(23(37)19-44-30(25)36)31(40)42-27(21-15-9-5-10-16-21)22-17-11-6-12-18-22/h4-18,23-27,30,37H,19H2,1-3H3,(H,34,38)(H,35,41)/t23?,24?,25-,26-,30+/m1/s1. The van der Waals surface area contributed by atoms with Gasteiger partial charge in [-0.25, -0.2) is 9.59 Å². The molecule has 230 valence electrons. The van der Waals surface area contributed by atoms with Gasteiger partial charge >= 0.3 is 12.1 Å². The van der Waals surface area contributed by atoms with Crippen LogP contribution in [0.5, 0.6) is 0 Å². The van der Waals surface area contributed by atoms with Crippen molar-refractivity contribution in [1.82, 2.24) is 15.5 Å². The Morgan fingerprint density at radius 1 is 0.886 bits per heavy atom. The molecule has 2 heterocycles. The molecule has 0 bridgehead atoms. The predicted octanol–water partition coefficient (Wildman–Crippen LogP) is 3.71. The molecule has 3 amide bonds. The minimum atomic E-state index is -1.25. The van der Waals surface area contributed by atoms with E-state index in [2.05, 4.69) is 10.6 Å². The number of rotatable bonds is 8. The maximum Gasteiger partial charge on any atom is 0.408 e. The zero-order valence-electron chi connectivity index (χ0n) is 24.6. The molecule has 3 N–H and O–H groups in total. The van der Waals surface area contributed by atoms with Gasteiger partial charge in [0.25, 0.3) is 0 Å². The average molecular weight is 618 g/mol. The summed E-state index contributed by atoms with van der Waals surface area (Å²) in [6.07, 6.45) is -2.70. The number of benzene rings is 3. The number of ether oxygens (including phenoxy) is 2. The van der Waals surface area contributed by atoms with Crippen LogP contribution in [0, 0.1) is 0 Å². The highest BCUT2D eigenvalue weighted by atomic mass is 32.2. The first-order chi connectivity index (χ1) is 21.0. The van der Waals surface area contributed by atoms with Gasteiger partial charge in [0.15, 0.2) is 12.1 Å². The Hall–Kier alpha value is -4.35. The highest BCUT2D eigenvalue weighted by Gasteiger charge is 2.58. The largest absolute Gasteiger partial charge is 0.451 e. The molecule has 3 aromatic rings. The Kier molecular flexibility index (Phi) is 9.26. The lowest BCUT2D eigenvalue weighted by atomic mass is 9.97. The molecule has 2 aliphatic rings. The van der Waals surface area contributed by atoms with E-state index in [9.17, 15) is 24.3 Å². The molecule has 0 radical (unpaired) electrons. The van der Waals surface area contributed by atoms with Gasteiger partial charge in [-0.3, -0.25) is 9.59 Å². The van der Waals surface area contributed by atoms with Crippen LogP contribution in [0.3, 0.4) is 0 Å². The van der Waals surface area contributed by atoms with Crippen LogP contribution >= 0.6 is 11.8 Å². The smallest absolute Gasteiger partial charge is 0.408 e. The van der Waals surface area contributed by atoms with Crippen molar-refractivity contribution in [3.8, 4) is 0 Å². The summed E-state index contributed by atoms with van der Waals surface area (Å²) in [5.41, 5.74) is 1.20. The molecule has 5 rings (SSSR count). The number of β-lactam (4-membered cyclic amide) rings is 1. The molecule has 5 atom stereocenters. The van der Waals surface area contributed by atoms with Crippen LogP contribution in [0.2, 0.25) is 0 Å². The summed E-state index contributed by atoms with van der Waals surface area (Å²) < 4.78 is 11.3. The third-order valence-electron chi connectivity index (χ3n) is 7.22. The van der Waals surface area contributed by atoms with Crippen molar-refractivity contribution in [2.45, 2.75) is 62.1 Å². The molecule has 11 heteroatoms. The number of carbonyl (C=O) groups excluding carboxylic acids is 4. The monoisotopic (exact) mass is 617 g/mol. The number of alkyl carbamates (subject to hydrolysis) is 1. The van der Waals surface area contributed by atoms with E-state index in [-0.39, 0.29) is 5.75 Å². The molecule has 3 aromatic carbocycles. The van der Waals surface area contributed by atoms with E-state index in [1.165, 1.54) is 16.7 Å². The number of esters is 1. The number of aliphatic hydroxyl groups excluding tert-OH is 1. The number of fused-ring (bicyclic) bond motifs is 1. The molecule has 10 nitrogen and oxygen atoms in total. The Balaban J connectivity index is 1.31. The molecule has 0 aliphatic carbocycles. The van der Waals surface area contributed by atoms with Crippen LogP contribution in [-0.2, 0) is 23.9 Å². The van der Waals surface area contributed by atoms with E-state index >= 15 is 0 Å². The summed E-state index contributed by atoms with van der Waals surface area (Å²) in [5, 5.41) is 15.6. The topological polar surface area (TPSA) is 134 Å². The fraction of sp³-hybridized carbons (Fsp3) is 0.333. The van der Waals surface area contributed by atoms with Crippen molar-refractivity contribution < 1.29 is 33.8 Å². The summed E-state index contributed by atoms with van der Waals surface area (Å²) in [7, 11) is 0. The zero-order valence-corrected chi connectivity index (χ0v) is 25.4. The first-order valence-electron chi connectivity index (χ1n) is 14.3. The van der Waals surface area contributed by atoms with Crippen molar-refractivity contribution in [2.24, 2.45) is 0 Å². The Bertz CT molecular complexity index is 1440. The number of nitrogens with zero attached hydrogens (tertiary/aromatic N) is 1. The van der Waals surface area contributed by atoms with Crippen LogP contribution < -0.4 is 10.6 Å². The lowest BCUT2D eigenvalue weighted by molar-refractivity contribution is -0.173. The van der Waals surface area contributed by atoms with Gasteiger partial charge in [0.05, 0.1) is 6.10 Å². The summed E-state index contributed by atoms with van der Waals surface area (Å²) in [5.74, 6) is -1.73. The van der Waals surface area contributed by atoms with Crippen molar-refractivity contribution >= 4 is 35.6 Å². The highest BCUT2D eigenvalue weighted by molar-refractivity contribution is 8.00. The molecule has 0 saturated carbocycles.